The largest absolute Gasteiger partial charge is 0.477 e. The van der Waals surface area contributed by atoms with Gasteiger partial charge in [0.15, 0.2) is 0 Å². The van der Waals surface area contributed by atoms with E-state index in [1.54, 1.807) is 27.9 Å². The molecule has 0 aromatic carbocycles. The molecule has 1 aliphatic heterocycles. The minimum Gasteiger partial charge on any atom is -0.477 e. The van der Waals surface area contributed by atoms with Gasteiger partial charge in [0, 0.05) is 33.4 Å². The lowest BCUT2D eigenvalue weighted by molar-refractivity contribution is -0.139. The molecule has 0 atom stereocenters. The molecule has 2 heterocycles. The standard InChI is InChI=1S/C21H30F3N3O5/c1-5-20(6-2,18(28)27(3)4)26-19(29)32-16-8-7-15(21(22,23)24)17(25-16)31-13-14-9-11-30-12-10-14/h7-8,14H,5-6,9-13H2,1-4H3,(H,26,29). The van der Waals surface area contributed by atoms with Gasteiger partial charge < -0.3 is 24.4 Å². The summed E-state index contributed by atoms with van der Waals surface area (Å²) in [5.74, 6) is -1.29. The molecule has 32 heavy (non-hydrogen) atoms. The second-order valence-electron chi connectivity index (χ2n) is 7.87. The fourth-order valence-electron chi connectivity index (χ4n) is 3.44. The average Bonchev–Trinajstić information content (AvgIpc) is 2.75. The van der Waals surface area contributed by atoms with Crippen LogP contribution in [0.5, 0.6) is 11.8 Å². The monoisotopic (exact) mass is 461 g/mol. The summed E-state index contributed by atoms with van der Waals surface area (Å²) in [4.78, 5) is 30.1. The molecule has 0 spiro atoms. The average molecular weight is 461 g/mol. The predicted octanol–water partition coefficient (Wildman–Crippen LogP) is 3.64. The van der Waals surface area contributed by atoms with Crippen molar-refractivity contribution in [2.45, 2.75) is 51.2 Å². The fraction of sp³-hybridized carbons (Fsp3) is 0.667. The third kappa shape index (κ3) is 6.47. The molecular weight excluding hydrogens is 431 g/mol. The highest BCUT2D eigenvalue weighted by molar-refractivity contribution is 5.89. The van der Waals surface area contributed by atoms with E-state index in [2.05, 4.69) is 10.3 Å². The Hall–Kier alpha value is -2.56. The number of nitrogens with one attached hydrogen (secondary N) is 1. The van der Waals surface area contributed by atoms with E-state index < -0.39 is 29.3 Å². The van der Waals surface area contributed by atoms with Crippen LogP contribution < -0.4 is 14.8 Å². The summed E-state index contributed by atoms with van der Waals surface area (Å²) < 4.78 is 55.9. The number of likely N-dealkylation sites (N-methyl/N-ethyl adjacent to an activating group) is 1. The first-order valence-corrected chi connectivity index (χ1v) is 10.5. The molecule has 0 aliphatic carbocycles. The number of hydrogen-bond donors (Lipinski definition) is 1. The number of hydrogen-bond acceptors (Lipinski definition) is 6. The van der Waals surface area contributed by atoms with Crippen molar-refractivity contribution in [1.82, 2.24) is 15.2 Å². The molecule has 2 amide bonds. The molecule has 11 heteroatoms. The molecule has 0 radical (unpaired) electrons. The van der Waals surface area contributed by atoms with Crippen LogP contribution in [0.25, 0.3) is 0 Å². The van der Waals surface area contributed by atoms with E-state index >= 15 is 0 Å². The van der Waals surface area contributed by atoms with Crippen molar-refractivity contribution in [2.75, 3.05) is 33.9 Å². The third-order valence-electron chi connectivity index (χ3n) is 5.50. The van der Waals surface area contributed by atoms with E-state index in [4.69, 9.17) is 14.2 Å². The van der Waals surface area contributed by atoms with Gasteiger partial charge in [-0.3, -0.25) is 4.79 Å². The number of alkyl halides is 3. The Labute approximate surface area is 185 Å². The SMILES string of the molecule is CCC(CC)(NC(=O)Oc1ccc(C(F)(F)F)c(OCC2CCOCC2)n1)C(=O)N(C)C. The first kappa shape index (κ1) is 25.7. The van der Waals surface area contributed by atoms with Crippen LogP contribution in [0.2, 0.25) is 0 Å². The molecule has 180 valence electrons. The van der Waals surface area contributed by atoms with Crippen LogP contribution >= 0.6 is 0 Å². The second-order valence-corrected chi connectivity index (χ2v) is 7.87. The molecule has 8 nitrogen and oxygen atoms in total. The zero-order valence-corrected chi connectivity index (χ0v) is 18.8. The van der Waals surface area contributed by atoms with Crippen LogP contribution in [0.15, 0.2) is 12.1 Å². The molecule has 1 aromatic heterocycles. The number of nitrogens with zero attached hydrogens (tertiary/aromatic N) is 2. The van der Waals surface area contributed by atoms with Gasteiger partial charge in [-0.05, 0) is 37.7 Å². The number of carbonyl (C=O) groups is 2. The minimum absolute atomic E-state index is 0.0429. The summed E-state index contributed by atoms with van der Waals surface area (Å²) in [5, 5.41) is 2.54. The van der Waals surface area contributed by atoms with Crippen molar-refractivity contribution in [3.63, 3.8) is 0 Å². The van der Waals surface area contributed by atoms with Gasteiger partial charge in [0.2, 0.25) is 17.7 Å². The van der Waals surface area contributed by atoms with E-state index in [0.717, 1.165) is 12.1 Å². The van der Waals surface area contributed by atoms with Crippen molar-refractivity contribution < 1.29 is 37.0 Å². The third-order valence-corrected chi connectivity index (χ3v) is 5.50. The Morgan fingerprint density at radius 1 is 1.19 bits per heavy atom. The number of ether oxygens (including phenoxy) is 3. The van der Waals surface area contributed by atoms with E-state index in [1.807, 2.05) is 0 Å². The number of carbonyl (C=O) groups excluding carboxylic acids is 2. The van der Waals surface area contributed by atoms with Gasteiger partial charge in [-0.2, -0.15) is 18.2 Å². The van der Waals surface area contributed by atoms with Crippen LogP contribution in [0.1, 0.15) is 45.1 Å². The Morgan fingerprint density at radius 2 is 1.81 bits per heavy atom. The van der Waals surface area contributed by atoms with Crippen molar-refractivity contribution in [3.8, 4) is 11.8 Å². The molecular formula is C21H30F3N3O5. The van der Waals surface area contributed by atoms with E-state index in [9.17, 15) is 22.8 Å². The Morgan fingerprint density at radius 3 is 2.34 bits per heavy atom. The first-order chi connectivity index (χ1) is 15.0. The smallest absolute Gasteiger partial charge is 0.421 e. The van der Waals surface area contributed by atoms with Crippen LogP contribution in [-0.4, -0.2) is 61.3 Å². The van der Waals surface area contributed by atoms with Crippen LogP contribution in [-0.2, 0) is 15.7 Å². The van der Waals surface area contributed by atoms with Gasteiger partial charge in [-0.15, -0.1) is 0 Å². The molecule has 1 aromatic rings. The summed E-state index contributed by atoms with van der Waals surface area (Å²) in [6.07, 6.45) is -3.72. The summed E-state index contributed by atoms with van der Waals surface area (Å²) in [5.41, 5.74) is -2.26. The summed E-state index contributed by atoms with van der Waals surface area (Å²) in [7, 11) is 3.13. The minimum atomic E-state index is -4.68. The maximum atomic E-state index is 13.4. The van der Waals surface area contributed by atoms with Gasteiger partial charge in [-0.25, -0.2) is 4.79 Å². The van der Waals surface area contributed by atoms with Crippen molar-refractivity contribution in [1.29, 1.82) is 0 Å². The maximum Gasteiger partial charge on any atom is 0.421 e. The van der Waals surface area contributed by atoms with Gasteiger partial charge in [0.05, 0.1) is 6.61 Å². The molecule has 2 rings (SSSR count). The predicted molar refractivity (Wildman–Crippen MR) is 109 cm³/mol. The fourth-order valence-corrected chi connectivity index (χ4v) is 3.44. The molecule has 0 unspecified atom stereocenters. The van der Waals surface area contributed by atoms with Gasteiger partial charge >= 0.3 is 12.3 Å². The normalized spacial score (nSPS) is 15.2. The van der Waals surface area contributed by atoms with Crippen molar-refractivity contribution >= 4 is 12.0 Å². The highest BCUT2D eigenvalue weighted by atomic mass is 19.4. The maximum absolute atomic E-state index is 13.4. The zero-order chi connectivity index (χ0) is 23.9. The first-order valence-electron chi connectivity index (χ1n) is 10.5. The lowest BCUT2D eigenvalue weighted by atomic mass is 9.91. The topological polar surface area (TPSA) is 90.0 Å². The van der Waals surface area contributed by atoms with E-state index in [1.165, 1.54) is 4.90 Å². The quantitative estimate of drug-likeness (QED) is 0.636. The number of rotatable bonds is 8. The van der Waals surface area contributed by atoms with E-state index in [0.29, 0.717) is 38.9 Å². The lowest BCUT2D eigenvalue weighted by Crippen LogP contribution is -2.58. The van der Waals surface area contributed by atoms with Crippen molar-refractivity contribution in [2.24, 2.45) is 5.92 Å². The summed E-state index contributed by atoms with van der Waals surface area (Å²) in [6.45, 7) is 4.58. The molecule has 1 aliphatic rings. The Balaban J connectivity index is 2.18. The van der Waals surface area contributed by atoms with Gasteiger partial charge in [0.1, 0.15) is 11.1 Å². The number of halogens is 3. The number of aromatic nitrogens is 1. The zero-order valence-electron chi connectivity index (χ0n) is 18.8. The van der Waals surface area contributed by atoms with Crippen LogP contribution in [0.4, 0.5) is 18.0 Å². The van der Waals surface area contributed by atoms with E-state index in [-0.39, 0.29) is 24.3 Å². The lowest BCUT2D eigenvalue weighted by Gasteiger charge is -2.33. The molecule has 1 saturated heterocycles. The van der Waals surface area contributed by atoms with Crippen LogP contribution in [0.3, 0.4) is 0 Å². The van der Waals surface area contributed by atoms with Crippen molar-refractivity contribution in [3.05, 3.63) is 17.7 Å². The van der Waals surface area contributed by atoms with Gasteiger partial charge in [0.25, 0.3) is 0 Å². The Bertz CT molecular complexity index is 791. The molecule has 1 N–H and O–H groups in total. The van der Waals surface area contributed by atoms with Crippen LogP contribution in [0, 0.1) is 5.92 Å². The number of amides is 2. The molecule has 0 saturated carbocycles. The second kappa shape index (κ2) is 10.8. The highest BCUT2D eigenvalue weighted by Gasteiger charge is 2.39. The molecule has 1 fully saturated rings. The summed E-state index contributed by atoms with van der Waals surface area (Å²) >= 11 is 0. The molecule has 0 bridgehead atoms. The Kier molecular flexibility index (Phi) is 8.71. The number of pyridine rings is 1. The highest BCUT2D eigenvalue weighted by Crippen LogP contribution is 2.36. The summed E-state index contributed by atoms with van der Waals surface area (Å²) in [6, 6.07) is 1.70. The van der Waals surface area contributed by atoms with Gasteiger partial charge in [-0.1, -0.05) is 13.8 Å².